The fraction of sp³-hybridized carbons (Fsp3) is 0.462. The molecule has 0 bridgehead atoms. The highest BCUT2D eigenvalue weighted by atomic mass is 35.5. The first kappa shape index (κ1) is 15.2. The molecule has 0 amide bonds. The maximum atomic E-state index is 11.9. The minimum atomic E-state index is -3.42. The fourth-order valence-corrected chi connectivity index (χ4v) is 2.94. The van der Waals surface area contributed by atoms with Gasteiger partial charge in [-0.15, -0.1) is 0 Å². The third kappa shape index (κ3) is 4.10. The van der Waals surface area contributed by atoms with Gasteiger partial charge in [-0.05, 0) is 34.7 Å². The summed E-state index contributed by atoms with van der Waals surface area (Å²) in [6.45, 7) is 6.17. The fourth-order valence-electron chi connectivity index (χ4n) is 1.49. The van der Waals surface area contributed by atoms with Crippen molar-refractivity contribution in [1.29, 1.82) is 0 Å². The highest BCUT2D eigenvalue weighted by Crippen LogP contribution is 2.23. The van der Waals surface area contributed by atoms with Crippen LogP contribution in [-0.2, 0) is 20.0 Å². The van der Waals surface area contributed by atoms with Gasteiger partial charge in [-0.25, -0.2) is 8.42 Å². The molecule has 0 aliphatic carbocycles. The van der Waals surface area contributed by atoms with Gasteiger partial charge in [-0.2, -0.15) is 0 Å². The summed E-state index contributed by atoms with van der Waals surface area (Å²) in [6.07, 6.45) is -0.162. The molecule has 0 aliphatic heterocycles. The van der Waals surface area contributed by atoms with Crippen LogP contribution in [0.15, 0.2) is 29.2 Å². The quantitative estimate of drug-likeness (QED) is 0.801. The topological polar surface area (TPSA) is 51.2 Å². The van der Waals surface area contributed by atoms with Crippen LogP contribution in [-0.4, -0.2) is 19.4 Å². The van der Waals surface area contributed by atoms with Crippen molar-refractivity contribution in [3.8, 4) is 0 Å². The lowest BCUT2D eigenvalue weighted by molar-refractivity contribution is -0.111. The van der Waals surface area contributed by atoms with E-state index in [-0.39, 0.29) is 22.5 Å². The van der Waals surface area contributed by atoms with Crippen molar-refractivity contribution in [3.63, 3.8) is 0 Å². The van der Waals surface area contributed by atoms with Crippen LogP contribution in [0.4, 0.5) is 0 Å². The predicted octanol–water partition coefficient (Wildman–Crippen LogP) is 2.91. The van der Waals surface area contributed by atoms with Gasteiger partial charge < -0.3 is 0 Å². The van der Waals surface area contributed by atoms with Gasteiger partial charge in [-0.1, -0.05) is 32.9 Å². The van der Waals surface area contributed by atoms with Gasteiger partial charge in [-0.3, -0.25) is 4.79 Å². The van der Waals surface area contributed by atoms with Crippen molar-refractivity contribution in [3.05, 3.63) is 29.8 Å². The molecule has 0 atom stereocenters. The number of sulfone groups is 1. The second kappa shape index (κ2) is 5.41. The van der Waals surface area contributed by atoms with Gasteiger partial charge in [0.1, 0.15) is 0 Å². The molecule has 18 heavy (non-hydrogen) atoms. The first-order valence-corrected chi connectivity index (χ1v) is 7.67. The van der Waals surface area contributed by atoms with E-state index >= 15 is 0 Å². The number of benzene rings is 1. The highest BCUT2D eigenvalue weighted by Gasteiger charge is 2.18. The lowest BCUT2D eigenvalue weighted by Gasteiger charge is -2.19. The van der Waals surface area contributed by atoms with Crippen LogP contribution in [0.2, 0.25) is 0 Å². The van der Waals surface area contributed by atoms with Gasteiger partial charge in [0, 0.05) is 6.42 Å². The Morgan fingerprint density at radius 1 is 1.17 bits per heavy atom. The minimum Gasteiger partial charge on any atom is -0.281 e. The minimum absolute atomic E-state index is 0.0194. The Morgan fingerprint density at radius 2 is 1.67 bits per heavy atom. The van der Waals surface area contributed by atoms with E-state index in [1.807, 2.05) is 0 Å². The summed E-state index contributed by atoms with van der Waals surface area (Å²) >= 11 is 5.15. The number of hydrogen-bond acceptors (Lipinski definition) is 3. The molecule has 0 radical (unpaired) electrons. The zero-order chi connectivity index (χ0) is 14.0. The molecule has 100 valence electrons. The molecule has 1 aromatic carbocycles. The van der Waals surface area contributed by atoms with Crippen molar-refractivity contribution in [2.24, 2.45) is 0 Å². The molecular weight excluding hydrogens is 272 g/mol. The molecular formula is C13H17ClO3S. The van der Waals surface area contributed by atoms with Crippen LogP contribution in [0, 0.1) is 0 Å². The number of halogens is 1. The van der Waals surface area contributed by atoms with E-state index in [2.05, 4.69) is 20.8 Å². The van der Waals surface area contributed by atoms with Crippen LogP contribution >= 0.6 is 11.6 Å². The monoisotopic (exact) mass is 288 g/mol. The summed E-state index contributed by atoms with van der Waals surface area (Å²) in [4.78, 5) is 10.8. The number of carbonyl (C=O) groups excluding carboxylic acids is 1. The van der Waals surface area contributed by atoms with Gasteiger partial charge in [0.2, 0.25) is 5.24 Å². The maximum Gasteiger partial charge on any atom is 0.222 e. The predicted molar refractivity (Wildman–Crippen MR) is 72.7 cm³/mol. The largest absolute Gasteiger partial charge is 0.281 e. The highest BCUT2D eigenvalue weighted by molar-refractivity contribution is 7.91. The lowest BCUT2D eigenvalue weighted by Crippen LogP contribution is -2.12. The summed E-state index contributed by atoms with van der Waals surface area (Å²) < 4.78 is 23.8. The summed E-state index contributed by atoms with van der Waals surface area (Å²) in [5.74, 6) is -0.246. The van der Waals surface area contributed by atoms with Crippen molar-refractivity contribution < 1.29 is 13.2 Å². The molecule has 0 fully saturated rings. The second-order valence-electron chi connectivity index (χ2n) is 5.20. The van der Waals surface area contributed by atoms with Crippen LogP contribution < -0.4 is 0 Å². The van der Waals surface area contributed by atoms with Gasteiger partial charge in [0.25, 0.3) is 0 Å². The van der Waals surface area contributed by atoms with Crippen LogP contribution in [0.5, 0.6) is 0 Å². The van der Waals surface area contributed by atoms with Crippen LogP contribution in [0.25, 0.3) is 0 Å². The van der Waals surface area contributed by atoms with Crippen LogP contribution in [0.3, 0.4) is 0 Å². The molecule has 1 aromatic rings. The summed E-state index contributed by atoms with van der Waals surface area (Å²) in [5.41, 5.74) is 1.05. The first-order chi connectivity index (χ1) is 8.13. The molecule has 0 spiro atoms. The molecule has 0 heterocycles. The Hall–Kier alpha value is -0.870. The zero-order valence-corrected chi connectivity index (χ0v) is 12.3. The number of hydrogen-bond donors (Lipinski definition) is 0. The molecule has 0 aromatic heterocycles. The van der Waals surface area contributed by atoms with Crippen molar-refractivity contribution in [1.82, 2.24) is 0 Å². The smallest absolute Gasteiger partial charge is 0.222 e. The molecule has 0 saturated heterocycles. The Bertz CT molecular complexity index is 524. The SMILES string of the molecule is CC(C)(C)c1ccc(S(=O)(=O)CCC(=O)Cl)cc1. The zero-order valence-electron chi connectivity index (χ0n) is 10.7. The average molecular weight is 289 g/mol. The Balaban J connectivity index is 2.95. The second-order valence-corrected chi connectivity index (χ2v) is 7.73. The lowest BCUT2D eigenvalue weighted by atomic mass is 9.87. The van der Waals surface area contributed by atoms with E-state index in [1.165, 1.54) is 0 Å². The summed E-state index contributed by atoms with van der Waals surface area (Å²) in [6, 6.07) is 6.76. The van der Waals surface area contributed by atoms with E-state index in [9.17, 15) is 13.2 Å². The number of carbonyl (C=O) groups is 1. The molecule has 5 heteroatoms. The number of rotatable bonds is 4. The first-order valence-electron chi connectivity index (χ1n) is 5.64. The third-order valence-electron chi connectivity index (χ3n) is 2.65. The molecule has 3 nitrogen and oxygen atoms in total. The van der Waals surface area contributed by atoms with E-state index in [0.29, 0.717) is 0 Å². The van der Waals surface area contributed by atoms with Crippen molar-refractivity contribution >= 4 is 26.7 Å². The standard InChI is InChI=1S/C13H17ClO3S/c1-13(2,3)10-4-6-11(7-5-10)18(16,17)9-8-12(14)15/h4-7H,8-9H2,1-3H3. The van der Waals surface area contributed by atoms with E-state index in [1.54, 1.807) is 24.3 Å². The van der Waals surface area contributed by atoms with E-state index < -0.39 is 15.1 Å². The molecule has 1 rings (SSSR count). The van der Waals surface area contributed by atoms with E-state index in [4.69, 9.17) is 11.6 Å². The Labute approximate surface area is 113 Å². The Morgan fingerprint density at radius 3 is 2.06 bits per heavy atom. The van der Waals surface area contributed by atoms with Gasteiger partial charge in [0.15, 0.2) is 9.84 Å². The summed E-state index contributed by atoms with van der Waals surface area (Å²) in [5, 5.41) is -0.634. The van der Waals surface area contributed by atoms with Crippen molar-refractivity contribution in [2.75, 3.05) is 5.75 Å². The molecule has 0 saturated carbocycles. The Kier molecular flexibility index (Phi) is 4.56. The average Bonchev–Trinajstić information content (AvgIpc) is 2.26. The normalized spacial score (nSPS) is 12.4. The molecule has 0 aliphatic rings. The molecule has 0 unspecified atom stereocenters. The van der Waals surface area contributed by atoms with Gasteiger partial charge in [0.05, 0.1) is 10.6 Å². The van der Waals surface area contributed by atoms with Crippen LogP contribution in [0.1, 0.15) is 32.8 Å². The maximum absolute atomic E-state index is 11.9. The third-order valence-corrected chi connectivity index (χ3v) is 4.57. The van der Waals surface area contributed by atoms with E-state index in [0.717, 1.165) is 5.56 Å². The molecule has 0 N–H and O–H groups in total. The van der Waals surface area contributed by atoms with Gasteiger partial charge >= 0.3 is 0 Å². The van der Waals surface area contributed by atoms with Crippen molar-refractivity contribution in [2.45, 2.75) is 37.5 Å². The summed E-state index contributed by atoms with van der Waals surface area (Å²) in [7, 11) is -3.42.